The number of allylic oxidation sites excluding steroid dienone is 1. The van der Waals surface area contributed by atoms with Crippen molar-refractivity contribution < 1.29 is 29.0 Å². The number of rotatable bonds is 3. The minimum absolute atomic E-state index is 0.0332. The SMILES string of the molecule is O=C1OCCC/C=C\[C@H]2O[C@]34C=CCN(C5CCCCC5)C(=O)C3N(CCO)C(=O)[C@@H]4[C@@H]12. The van der Waals surface area contributed by atoms with Gasteiger partial charge in [0.15, 0.2) is 0 Å². The number of likely N-dealkylation sites (tertiary alicyclic amines) is 1. The highest BCUT2D eigenvalue weighted by Crippen LogP contribution is 2.53. The van der Waals surface area contributed by atoms with Gasteiger partial charge in [0.05, 0.1) is 25.2 Å². The van der Waals surface area contributed by atoms with Gasteiger partial charge in [-0.05, 0) is 25.7 Å². The van der Waals surface area contributed by atoms with Crippen LogP contribution in [0.4, 0.5) is 0 Å². The van der Waals surface area contributed by atoms with E-state index in [4.69, 9.17) is 9.47 Å². The Morgan fingerprint density at radius 3 is 2.66 bits per heavy atom. The highest BCUT2D eigenvalue weighted by Gasteiger charge is 2.71. The van der Waals surface area contributed by atoms with Crippen molar-refractivity contribution in [2.75, 3.05) is 26.3 Å². The molecule has 5 rings (SSSR count). The molecule has 1 spiro atoms. The monoisotopic (exact) mass is 444 g/mol. The predicted molar refractivity (Wildman–Crippen MR) is 114 cm³/mol. The van der Waals surface area contributed by atoms with Crippen molar-refractivity contribution in [3.05, 3.63) is 24.3 Å². The first-order valence-corrected chi connectivity index (χ1v) is 12.0. The fourth-order valence-corrected chi connectivity index (χ4v) is 6.34. The molecule has 174 valence electrons. The molecule has 3 fully saturated rings. The van der Waals surface area contributed by atoms with E-state index in [1.165, 1.54) is 11.3 Å². The molecule has 0 radical (unpaired) electrons. The number of nitrogens with zero attached hydrogens (tertiary/aromatic N) is 2. The maximum atomic E-state index is 14.0. The van der Waals surface area contributed by atoms with E-state index in [2.05, 4.69) is 0 Å². The van der Waals surface area contributed by atoms with Gasteiger partial charge in [-0.25, -0.2) is 0 Å². The number of fused-ring (bicyclic) bond motifs is 2. The second-order valence-electron chi connectivity index (χ2n) is 9.52. The molecule has 0 aromatic carbocycles. The zero-order valence-corrected chi connectivity index (χ0v) is 18.4. The van der Waals surface area contributed by atoms with Crippen molar-refractivity contribution in [1.82, 2.24) is 9.80 Å². The van der Waals surface area contributed by atoms with Crippen LogP contribution in [-0.4, -0.2) is 82.8 Å². The minimum atomic E-state index is -1.23. The van der Waals surface area contributed by atoms with Crippen LogP contribution in [0.2, 0.25) is 0 Å². The summed E-state index contributed by atoms with van der Waals surface area (Å²) >= 11 is 0. The highest BCUT2D eigenvalue weighted by atomic mass is 16.6. The smallest absolute Gasteiger partial charge is 0.312 e. The lowest BCUT2D eigenvalue weighted by molar-refractivity contribution is -0.155. The van der Waals surface area contributed by atoms with E-state index < -0.39 is 35.6 Å². The van der Waals surface area contributed by atoms with Gasteiger partial charge in [-0.3, -0.25) is 14.4 Å². The second-order valence-corrected chi connectivity index (χ2v) is 9.52. The maximum Gasteiger partial charge on any atom is 0.312 e. The first kappa shape index (κ1) is 21.6. The van der Waals surface area contributed by atoms with Crippen LogP contribution in [0, 0.1) is 11.8 Å². The van der Waals surface area contributed by atoms with Gasteiger partial charge in [-0.2, -0.15) is 0 Å². The number of esters is 1. The Morgan fingerprint density at radius 1 is 1.06 bits per heavy atom. The Morgan fingerprint density at radius 2 is 1.88 bits per heavy atom. The number of cyclic esters (lactones) is 1. The number of aliphatic hydroxyl groups is 1. The van der Waals surface area contributed by atoms with Gasteiger partial charge in [0.25, 0.3) is 0 Å². The van der Waals surface area contributed by atoms with E-state index in [1.54, 1.807) is 0 Å². The number of aliphatic hydroxyl groups excluding tert-OH is 1. The molecular weight excluding hydrogens is 412 g/mol. The minimum Gasteiger partial charge on any atom is -0.465 e. The van der Waals surface area contributed by atoms with Crippen LogP contribution in [0.3, 0.4) is 0 Å². The lowest BCUT2D eigenvalue weighted by Gasteiger charge is -2.39. The Balaban J connectivity index is 1.56. The van der Waals surface area contributed by atoms with Crippen LogP contribution in [0.25, 0.3) is 0 Å². The van der Waals surface area contributed by atoms with E-state index in [9.17, 15) is 19.5 Å². The number of amides is 2. The quantitative estimate of drug-likeness (QED) is 0.519. The fourth-order valence-electron chi connectivity index (χ4n) is 6.34. The molecule has 32 heavy (non-hydrogen) atoms. The Kier molecular flexibility index (Phi) is 5.84. The summed E-state index contributed by atoms with van der Waals surface area (Å²) in [4.78, 5) is 44.0. The van der Waals surface area contributed by atoms with E-state index in [1.807, 2.05) is 29.2 Å². The van der Waals surface area contributed by atoms with Gasteiger partial charge < -0.3 is 24.4 Å². The first-order chi connectivity index (χ1) is 15.6. The van der Waals surface area contributed by atoms with E-state index in [-0.39, 0.29) is 31.0 Å². The second kappa shape index (κ2) is 8.63. The zero-order valence-electron chi connectivity index (χ0n) is 18.4. The molecule has 0 aromatic heterocycles. The predicted octanol–water partition coefficient (Wildman–Crippen LogP) is 1.18. The first-order valence-electron chi connectivity index (χ1n) is 12.0. The van der Waals surface area contributed by atoms with Gasteiger partial charge in [-0.1, -0.05) is 43.6 Å². The molecule has 5 atom stereocenters. The van der Waals surface area contributed by atoms with Crippen LogP contribution in [0.15, 0.2) is 24.3 Å². The standard InChI is InChI=1S/C24H32N2O6/c27-14-13-26-20-22(29)25(16-8-3-1-4-9-16)12-7-11-24(20)19(21(26)28)18-17(32-24)10-5-2-6-15-31-23(18)30/h5,7,10-11,16-20,27H,1-4,6,8-9,12-15H2/b10-5-/t17-,18+,19+,20?,24+/m1/s1. The average molecular weight is 445 g/mol. The average Bonchev–Trinajstić information content (AvgIpc) is 3.20. The molecule has 1 unspecified atom stereocenters. The number of carbonyl (C=O) groups excluding carboxylic acids is 3. The summed E-state index contributed by atoms with van der Waals surface area (Å²) in [7, 11) is 0. The molecule has 0 bridgehead atoms. The maximum absolute atomic E-state index is 14.0. The highest BCUT2D eigenvalue weighted by molar-refractivity contribution is 5.99. The Labute approximate surface area is 188 Å². The molecule has 1 N–H and O–H groups in total. The molecule has 5 aliphatic rings. The molecule has 0 aromatic rings. The molecule has 8 nitrogen and oxygen atoms in total. The third-order valence-corrected chi connectivity index (χ3v) is 7.74. The summed E-state index contributed by atoms with van der Waals surface area (Å²) in [6.07, 6.45) is 13.7. The summed E-state index contributed by atoms with van der Waals surface area (Å²) in [5.74, 6) is -2.55. The van der Waals surface area contributed by atoms with Crippen molar-refractivity contribution >= 4 is 17.8 Å². The largest absolute Gasteiger partial charge is 0.465 e. The Hall–Kier alpha value is -2.19. The van der Waals surface area contributed by atoms with Crippen LogP contribution in [0.1, 0.15) is 44.9 Å². The molecule has 4 aliphatic heterocycles. The van der Waals surface area contributed by atoms with Crippen molar-refractivity contribution in [1.29, 1.82) is 0 Å². The van der Waals surface area contributed by atoms with E-state index >= 15 is 0 Å². The van der Waals surface area contributed by atoms with Crippen molar-refractivity contribution in [2.24, 2.45) is 11.8 Å². The van der Waals surface area contributed by atoms with Crippen LogP contribution in [0.5, 0.6) is 0 Å². The normalized spacial score (nSPS) is 38.8. The molecule has 1 saturated carbocycles. The van der Waals surface area contributed by atoms with Gasteiger partial charge in [0.2, 0.25) is 11.8 Å². The lowest BCUT2D eigenvalue weighted by atomic mass is 9.78. The summed E-state index contributed by atoms with van der Waals surface area (Å²) in [5.41, 5.74) is -1.23. The number of hydrogen-bond acceptors (Lipinski definition) is 6. The van der Waals surface area contributed by atoms with E-state index in [0.29, 0.717) is 13.2 Å². The molecule has 4 heterocycles. The number of carbonyl (C=O) groups is 3. The van der Waals surface area contributed by atoms with Gasteiger partial charge >= 0.3 is 5.97 Å². The summed E-state index contributed by atoms with van der Waals surface area (Å²) in [5, 5.41) is 9.69. The summed E-state index contributed by atoms with van der Waals surface area (Å²) in [6.45, 7) is 0.540. The fraction of sp³-hybridized carbons (Fsp3) is 0.708. The lowest BCUT2D eigenvalue weighted by Crippen LogP contribution is -2.57. The zero-order chi connectivity index (χ0) is 22.3. The summed E-state index contributed by atoms with van der Waals surface area (Å²) < 4.78 is 12.0. The molecule has 1 aliphatic carbocycles. The number of hydrogen-bond donors (Lipinski definition) is 1. The number of ether oxygens (including phenoxy) is 2. The van der Waals surface area contributed by atoms with Crippen molar-refractivity contribution in [3.8, 4) is 0 Å². The van der Waals surface area contributed by atoms with Crippen LogP contribution >= 0.6 is 0 Å². The molecule has 8 heteroatoms. The third-order valence-electron chi connectivity index (χ3n) is 7.74. The van der Waals surface area contributed by atoms with E-state index in [0.717, 1.165) is 38.5 Å². The molecule has 2 saturated heterocycles. The number of β-amino-alcohol motifs (C(OH)–C–C–N with tert-alkyl or cyclic N) is 1. The van der Waals surface area contributed by atoms with Gasteiger partial charge in [-0.15, -0.1) is 0 Å². The Bertz CT molecular complexity index is 834. The molecule has 2 amide bonds. The van der Waals surface area contributed by atoms with Gasteiger partial charge in [0, 0.05) is 19.1 Å². The van der Waals surface area contributed by atoms with Crippen molar-refractivity contribution in [3.63, 3.8) is 0 Å². The third kappa shape index (κ3) is 3.30. The van der Waals surface area contributed by atoms with Crippen molar-refractivity contribution in [2.45, 2.75) is 68.7 Å². The topological polar surface area (TPSA) is 96.4 Å². The van der Waals surface area contributed by atoms with Crippen LogP contribution in [-0.2, 0) is 23.9 Å². The molecular formula is C24H32N2O6. The summed E-state index contributed by atoms with van der Waals surface area (Å²) in [6, 6.07) is -0.742. The van der Waals surface area contributed by atoms with Gasteiger partial charge in [0.1, 0.15) is 17.6 Å². The van der Waals surface area contributed by atoms with Crippen LogP contribution < -0.4 is 0 Å².